The molecule has 432 valence electrons. The third-order valence-electron chi connectivity index (χ3n) is 21.1. The molecule has 11 aromatic rings. The fourth-order valence-corrected chi connectivity index (χ4v) is 15.7. The van der Waals surface area contributed by atoms with Crippen LogP contribution in [0.15, 0.2) is 162 Å². The quantitative estimate of drug-likeness (QED) is 0.164. The van der Waals surface area contributed by atoms with Crippen LogP contribution in [0, 0.1) is 0 Å². The average Bonchev–Trinajstić information content (AvgIpc) is 1.44. The van der Waals surface area contributed by atoms with Gasteiger partial charge in [0.05, 0.1) is 16.4 Å². The molecular formula is C81H84BN3O. The first kappa shape index (κ1) is 54.9. The van der Waals surface area contributed by atoms with Crippen molar-refractivity contribution in [3.05, 3.63) is 202 Å². The van der Waals surface area contributed by atoms with Crippen LogP contribution in [0.25, 0.3) is 71.7 Å². The summed E-state index contributed by atoms with van der Waals surface area (Å²) in [6, 6.07) is 62.2. The number of rotatable bonds is 4. The third-order valence-corrected chi connectivity index (χ3v) is 21.1. The molecule has 0 saturated heterocycles. The molecule has 2 aliphatic heterocycles. The van der Waals surface area contributed by atoms with Gasteiger partial charge in [0.2, 0.25) is 0 Å². The highest BCUT2D eigenvalue weighted by Gasteiger charge is 2.49. The summed E-state index contributed by atoms with van der Waals surface area (Å²) in [5.74, 6) is 0. The lowest BCUT2D eigenvalue weighted by atomic mass is 9.43. The van der Waals surface area contributed by atoms with Crippen molar-refractivity contribution in [2.45, 2.75) is 175 Å². The van der Waals surface area contributed by atoms with Crippen molar-refractivity contribution in [3.63, 3.8) is 0 Å². The van der Waals surface area contributed by atoms with Gasteiger partial charge in [0, 0.05) is 61.3 Å². The Balaban J connectivity index is 1.09. The second-order valence-corrected chi connectivity index (χ2v) is 32.1. The molecule has 2 aliphatic carbocycles. The van der Waals surface area contributed by atoms with Crippen molar-refractivity contribution in [3.8, 4) is 27.9 Å². The molecule has 4 nitrogen and oxygen atoms in total. The van der Waals surface area contributed by atoms with E-state index in [1.54, 1.807) is 0 Å². The SMILES string of the molecule is CC(C)(C)c1ccc(N2B3c4cc(C(C)(C)C)ccc4-n4c5cc(N(c6ccc(C(C)(C)C)cc6)c6ccc(C(C)(C)C)cc6)ccc5c5c6oc7ccccc7c6c(c3c54)-c3cc4c(cc32)C(C)(C)c2cc3c(cc2-4)C(C)(C)CCC3(C)C)cc1. The Kier molecular flexibility index (Phi) is 11.3. The highest BCUT2D eigenvalue weighted by Crippen LogP contribution is 2.59. The second-order valence-electron chi connectivity index (χ2n) is 32.1. The summed E-state index contributed by atoms with van der Waals surface area (Å²) in [6.07, 6.45) is 2.36. The third kappa shape index (κ3) is 7.87. The predicted octanol–water partition coefficient (Wildman–Crippen LogP) is 21.2. The van der Waals surface area contributed by atoms with E-state index in [9.17, 15) is 0 Å². The fourth-order valence-electron chi connectivity index (χ4n) is 15.7. The molecule has 0 bridgehead atoms. The Morgan fingerprint density at radius 2 is 0.977 bits per heavy atom. The Morgan fingerprint density at radius 1 is 0.453 bits per heavy atom. The predicted molar refractivity (Wildman–Crippen MR) is 369 cm³/mol. The minimum Gasteiger partial charge on any atom is -0.455 e. The minimum atomic E-state index is -0.249. The van der Waals surface area contributed by atoms with Gasteiger partial charge >= 0.3 is 6.85 Å². The van der Waals surface area contributed by atoms with Crippen LogP contribution in [0.3, 0.4) is 0 Å². The normalized spacial score (nSPS) is 16.4. The molecular weight excluding hydrogens is 1040 g/mol. The van der Waals surface area contributed by atoms with E-state index in [1.165, 1.54) is 129 Å². The van der Waals surface area contributed by atoms with Crippen LogP contribution in [-0.2, 0) is 37.9 Å². The molecule has 4 aliphatic rings. The molecule has 0 atom stereocenters. The molecule has 5 heteroatoms. The molecule has 4 heterocycles. The topological polar surface area (TPSA) is 24.6 Å². The summed E-state index contributed by atoms with van der Waals surface area (Å²) in [4.78, 5) is 5.22. The first-order valence-electron chi connectivity index (χ1n) is 31.8. The van der Waals surface area contributed by atoms with Crippen LogP contribution in [-0.4, -0.2) is 11.4 Å². The van der Waals surface area contributed by atoms with Crippen LogP contribution < -0.4 is 20.6 Å². The molecule has 0 N–H and O–H groups in total. The zero-order valence-electron chi connectivity index (χ0n) is 54.3. The first-order chi connectivity index (χ1) is 40.4. The van der Waals surface area contributed by atoms with Crippen molar-refractivity contribution in [2.24, 2.45) is 0 Å². The Labute approximate surface area is 511 Å². The molecule has 0 unspecified atom stereocenters. The van der Waals surface area contributed by atoms with E-state index in [4.69, 9.17) is 4.42 Å². The zero-order valence-corrected chi connectivity index (χ0v) is 54.3. The molecule has 0 saturated carbocycles. The van der Waals surface area contributed by atoms with Crippen LogP contribution >= 0.6 is 0 Å². The maximum Gasteiger partial charge on any atom is 0.333 e. The van der Waals surface area contributed by atoms with Crippen molar-refractivity contribution < 1.29 is 4.42 Å². The van der Waals surface area contributed by atoms with Crippen molar-refractivity contribution >= 4 is 90.0 Å². The largest absolute Gasteiger partial charge is 0.455 e. The van der Waals surface area contributed by atoms with Crippen molar-refractivity contribution in [1.82, 2.24) is 4.57 Å². The molecule has 0 fully saturated rings. The summed E-state index contributed by atoms with van der Waals surface area (Å²) in [5.41, 5.74) is 30.1. The van der Waals surface area contributed by atoms with E-state index in [0.29, 0.717) is 0 Å². The smallest absolute Gasteiger partial charge is 0.333 e. The average molecular weight is 1130 g/mol. The number of aromatic nitrogens is 1. The molecule has 0 spiro atoms. The monoisotopic (exact) mass is 1130 g/mol. The number of benzene rings is 9. The van der Waals surface area contributed by atoms with Gasteiger partial charge in [-0.1, -0.05) is 197 Å². The molecule has 0 amide bonds. The van der Waals surface area contributed by atoms with Gasteiger partial charge in [0.1, 0.15) is 11.2 Å². The number of anilines is 5. The summed E-state index contributed by atoms with van der Waals surface area (Å²) in [6.45, 7) is 42.6. The number of para-hydroxylation sites is 1. The van der Waals surface area contributed by atoms with Gasteiger partial charge in [0.15, 0.2) is 0 Å². The standard InChI is InChI=1S/C81H84BN3O/c1-75(2,3)47-23-30-51(31-24-47)83(52-32-25-48(26-33-52)76(4,5)6)54-36-37-55-66(42-54)84-65-38-29-50(78(10,11)12)41-64(65)82-72-69(70-56-21-19-20-22-68(56)86-74(70)71(55)73(72)84)59-43-57-58-44-62-63(80(15,16)40-39-79(62,13)14)45-60(58)81(17,18)61(57)46-67(59)85(82)53-34-27-49(28-35-53)77(7,8)9/h19-38,41-46H,39-40H2,1-18H3. The maximum atomic E-state index is 7.48. The maximum absolute atomic E-state index is 7.48. The minimum absolute atomic E-state index is 0.00978. The fraction of sp³-hybridized carbons (Fsp3) is 0.333. The summed E-state index contributed by atoms with van der Waals surface area (Å²) in [7, 11) is 0. The number of furan rings is 1. The lowest BCUT2D eigenvalue weighted by molar-refractivity contribution is 0.331. The van der Waals surface area contributed by atoms with Crippen LogP contribution in [0.1, 0.15) is 182 Å². The van der Waals surface area contributed by atoms with E-state index in [1.807, 2.05) is 0 Å². The van der Waals surface area contributed by atoms with Crippen LogP contribution in [0.5, 0.6) is 0 Å². The van der Waals surface area contributed by atoms with E-state index in [-0.39, 0.29) is 44.8 Å². The number of hydrogen-bond donors (Lipinski definition) is 0. The Hall–Kier alpha value is -7.76. The number of nitrogens with zero attached hydrogens (tertiary/aromatic N) is 3. The zero-order chi connectivity index (χ0) is 60.5. The van der Waals surface area contributed by atoms with E-state index < -0.39 is 0 Å². The molecule has 86 heavy (non-hydrogen) atoms. The van der Waals surface area contributed by atoms with Crippen molar-refractivity contribution in [1.29, 1.82) is 0 Å². The Morgan fingerprint density at radius 3 is 1.57 bits per heavy atom. The summed E-state index contributed by atoms with van der Waals surface area (Å²) >= 11 is 0. The molecule has 2 aromatic heterocycles. The van der Waals surface area contributed by atoms with Crippen LogP contribution in [0.4, 0.5) is 28.4 Å². The van der Waals surface area contributed by atoms with E-state index in [0.717, 1.165) is 39.1 Å². The van der Waals surface area contributed by atoms with Gasteiger partial charge in [-0.15, -0.1) is 0 Å². The van der Waals surface area contributed by atoms with E-state index in [2.05, 4.69) is 297 Å². The van der Waals surface area contributed by atoms with Gasteiger partial charge in [-0.05, 0) is 202 Å². The first-order valence-corrected chi connectivity index (χ1v) is 31.8. The van der Waals surface area contributed by atoms with Crippen molar-refractivity contribution in [2.75, 3.05) is 9.71 Å². The second kappa shape index (κ2) is 17.7. The van der Waals surface area contributed by atoms with Gasteiger partial charge in [-0.25, -0.2) is 0 Å². The van der Waals surface area contributed by atoms with E-state index >= 15 is 0 Å². The van der Waals surface area contributed by atoms with Crippen LogP contribution in [0.2, 0.25) is 0 Å². The number of fused-ring (bicyclic) bond motifs is 17. The highest BCUT2D eigenvalue weighted by molar-refractivity contribution is 6.94. The lowest BCUT2D eigenvalue weighted by Gasteiger charge is -2.43. The Bertz CT molecular complexity index is 4630. The summed E-state index contributed by atoms with van der Waals surface area (Å²) < 4.78 is 10.1. The highest BCUT2D eigenvalue weighted by atomic mass is 16.3. The van der Waals surface area contributed by atoms with Gasteiger partial charge in [-0.3, -0.25) is 0 Å². The van der Waals surface area contributed by atoms with Gasteiger partial charge in [-0.2, -0.15) is 0 Å². The number of hydrogen-bond acceptors (Lipinski definition) is 3. The van der Waals surface area contributed by atoms with Gasteiger partial charge < -0.3 is 18.7 Å². The summed E-state index contributed by atoms with van der Waals surface area (Å²) in [5, 5.41) is 4.69. The molecule has 9 aromatic carbocycles. The molecule has 0 radical (unpaired) electrons. The lowest BCUT2D eigenvalue weighted by Crippen LogP contribution is -2.60. The van der Waals surface area contributed by atoms with Gasteiger partial charge in [0.25, 0.3) is 0 Å². The molecule has 15 rings (SSSR count).